The number of carbonyl (C=O) groups excluding carboxylic acids is 1. The van der Waals surface area contributed by atoms with Crippen LogP contribution in [0.25, 0.3) is 0 Å². The lowest BCUT2D eigenvalue weighted by Crippen LogP contribution is -2.35. The Balaban J connectivity index is 1.53. The summed E-state index contributed by atoms with van der Waals surface area (Å²) in [6.07, 6.45) is 2.65. The van der Waals surface area contributed by atoms with Gasteiger partial charge in [-0.15, -0.1) is 0 Å². The number of piperidine rings is 1. The van der Waals surface area contributed by atoms with Crippen molar-refractivity contribution >= 4 is 21.6 Å². The molecule has 0 aliphatic carbocycles. The zero-order valence-corrected chi connectivity index (χ0v) is 18.2. The molecule has 1 aliphatic rings. The molecule has 7 nitrogen and oxygen atoms in total. The van der Waals surface area contributed by atoms with Gasteiger partial charge in [-0.2, -0.15) is 4.31 Å². The van der Waals surface area contributed by atoms with Crippen molar-refractivity contribution in [1.82, 2.24) is 4.31 Å². The van der Waals surface area contributed by atoms with Gasteiger partial charge in [0.05, 0.1) is 10.6 Å². The second kappa shape index (κ2) is 9.42. The average Bonchev–Trinajstić information content (AvgIpc) is 2.82. The predicted molar refractivity (Wildman–Crippen MR) is 122 cm³/mol. The van der Waals surface area contributed by atoms with E-state index >= 15 is 0 Å². The van der Waals surface area contributed by atoms with Crippen molar-refractivity contribution in [3.05, 3.63) is 78.4 Å². The lowest BCUT2D eigenvalue weighted by atomic mass is 10.2. The second-order valence-corrected chi connectivity index (χ2v) is 9.48. The van der Waals surface area contributed by atoms with Crippen LogP contribution in [0.5, 0.6) is 17.2 Å². The molecule has 0 aromatic heterocycles. The van der Waals surface area contributed by atoms with Crippen LogP contribution in [0.2, 0.25) is 0 Å². The van der Waals surface area contributed by atoms with Gasteiger partial charge in [-0.25, -0.2) is 8.42 Å². The number of benzene rings is 3. The number of sulfonamides is 1. The van der Waals surface area contributed by atoms with E-state index in [1.165, 1.54) is 22.5 Å². The van der Waals surface area contributed by atoms with Crippen molar-refractivity contribution in [3.8, 4) is 17.2 Å². The number of ether oxygens (including phenoxy) is 1. The van der Waals surface area contributed by atoms with Crippen LogP contribution in [0, 0.1) is 0 Å². The van der Waals surface area contributed by atoms with Gasteiger partial charge in [-0.05, 0) is 61.4 Å². The van der Waals surface area contributed by atoms with Crippen LogP contribution in [0.3, 0.4) is 0 Å². The number of para-hydroxylation sites is 1. The molecule has 0 unspecified atom stereocenters. The Morgan fingerprint density at radius 2 is 1.59 bits per heavy atom. The van der Waals surface area contributed by atoms with Crippen LogP contribution in [0.15, 0.2) is 77.7 Å². The van der Waals surface area contributed by atoms with Crippen LogP contribution >= 0.6 is 0 Å². The highest BCUT2D eigenvalue weighted by Crippen LogP contribution is 2.30. The van der Waals surface area contributed by atoms with E-state index in [9.17, 15) is 18.3 Å². The smallest absolute Gasteiger partial charge is 0.255 e. The first-order valence-electron chi connectivity index (χ1n) is 10.4. The van der Waals surface area contributed by atoms with E-state index in [1.807, 2.05) is 18.2 Å². The Kier molecular flexibility index (Phi) is 6.43. The fourth-order valence-corrected chi connectivity index (χ4v) is 5.09. The summed E-state index contributed by atoms with van der Waals surface area (Å²) in [6.45, 7) is 0.943. The maximum Gasteiger partial charge on any atom is 0.255 e. The van der Waals surface area contributed by atoms with Gasteiger partial charge in [-0.1, -0.05) is 30.7 Å². The van der Waals surface area contributed by atoms with Crippen LogP contribution in [-0.4, -0.2) is 36.8 Å². The number of hydrogen-bond donors (Lipinski definition) is 2. The fourth-order valence-electron chi connectivity index (χ4n) is 3.55. The topological polar surface area (TPSA) is 95.9 Å². The number of aromatic hydroxyl groups is 1. The zero-order valence-electron chi connectivity index (χ0n) is 17.4. The number of hydrogen-bond acceptors (Lipinski definition) is 5. The molecule has 3 aromatic carbocycles. The van der Waals surface area contributed by atoms with E-state index < -0.39 is 15.9 Å². The van der Waals surface area contributed by atoms with Crippen LogP contribution in [0.1, 0.15) is 29.6 Å². The standard InChI is InChI=1S/C24H24N2O5S/c27-23-13-12-21(32(29,30)26-14-5-2-6-15-26)17-22(23)25-24(28)18-8-7-11-20(16-18)31-19-9-3-1-4-10-19/h1,3-4,7-13,16-17,27H,2,5-6,14-15H2,(H,25,28). The van der Waals surface area contributed by atoms with E-state index in [1.54, 1.807) is 36.4 Å². The monoisotopic (exact) mass is 452 g/mol. The summed E-state index contributed by atoms with van der Waals surface area (Å²) in [5.41, 5.74) is 0.338. The maximum absolute atomic E-state index is 12.9. The summed E-state index contributed by atoms with van der Waals surface area (Å²) in [6, 6.07) is 19.7. The molecule has 1 fully saturated rings. The van der Waals surface area contributed by atoms with Gasteiger partial charge in [0.1, 0.15) is 17.2 Å². The minimum atomic E-state index is -3.69. The molecule has 0 spiro atoms. The first kappa shape index (κ1) is 21.9. The highest BCUT2D eigenvalue weighted by molar-refractivity contribution is 7.89. The first-order chi connectivity index (χ1) is 15.4. The Morgan fingerprint density at radius 3 is 2.34 bits per heavy atom. The third-order valence-electron chi connectivity index (χ3n) is 5.24. The summed E-state index contributed by atoms with van der Waals surface area (Å²) in [5, 5.41) is 12.8. The molecule has 2 N–H and O–H groups in total. The number of nitrogens with one attached hydrogen (secondary N) is 1. The molecule has 0 bridgehead atoms. The summed E-state index contributed by atoms with van der Waals surface area (Å²) in [5.74, 6) is 0.409. The van der Waals surface area contributed by atoms with Crippen molar-refractivity contribution < 1.29 is 23.1 Å². The van der Waals surface area contributed by atoms with Crippen molar-refractivity contribution in [1.29, 1.82) is 0 Å². The molecule has 0 saturated carbocycles. The molecule has 32 heavy (non-hydrogen) atoms. The highest BCUT2D eigenvalue weighted by Gasteiger charge is 2.26. The molecule has 1 saturated heterocycles. The molecule has 1 amide bonds. The van der Waals surface area contributed by atoms with Gasteiger partial charge in [0.15, 0.2) is 0 Å². The molecule has 4 rings (SSSR count). The lowest BCUT2D eigenvalue weighted by molar-refractivity contribution is 0.102. The number of phenolic OH excluding ortho intramolecular Hbond substituents is 1. The molecule has 0 radical (unpaired) electrons. The number of nitrogens with zero attached hydrogens (tertiary/aromatic N) is 1. The van der Waals surface area contributed by atoms with E-state index in [0.29, 0.717) is 30.2 Å². The van der Waals surface area contributed by atoms with Gasteiger partial charge in [-0.3, -0.25) is 4.79 Å². The quantitative estimate of drug-likeness (QED) is 0.533. The maximum atomic E-state index is 12.9. The van der Waals surface area contributed by atoms with Gasteiger partial charge >= 0.3 is 0 Å². The van der Waals surface area contributed by atoms with E-state index in [2.05, 4.69) is 5.32 Å². The van der Waals surface area contributed by atoms with Crippen molar-refractivity contribution in [2.24, 2.45) is 0 Å². The number of anilines is 1. The SMILES string of the molecule is O=C(Nc1cc(S(=O)(=O)N2CCCCC2)ccc1O)c1cccc(Oc2ccccc2)c1. The van der Waals surface area contributed by atoms with Gasteiger partial charge in [0, 0.05) is 18.7 Å². The largest absolute Gasteiger partial charge is 0.506 e. The Morgan fingerprint density at radius 1 is 0.875 bits per heavy atom. The molecule has 1 heterocycles. The van der Waals surface area contributed by atoms with Gasteiger partial charge in [0.25, 0.3) is 5.91 Å². The molecule has 166 valence electrons. The fraction of sp³-hybridized carbons (Fsp3) is 0.208. The molecular weight excluding hydrogens is 428 g/mol. The molecular formula is C24H24N2O5S. The number of phenols is 1. The lowest BCUT2D eigenvalue weighted by Gasteiger charge is -2.26. The summed E-state index contributed by atoms with van der Waals surface area (Å²) in [4.78, 5) is 12.8. The van der Waals surface area contributed by atoms with Crippen LogP contribution in [-0.2, 0) is 10.0 Å². The zero-order chi connectivity index (χ0) is 22.6. The second-order valence-electron chi connectivity index (χ2n) is 7.54. The molecule has 1 aliphatic heterocycles. The third kappa shape index (κ3) is 4.92. The summed E-state index contributed by atoms with van der Waals surface area (Å²) in [7, 11) is -3.69. The van der Waals surface area contributed by atoms with Crippen molar-refractivity contribution in [2.45, 2.75) is 24.2 Å². The Hall–Kier alpha value is -3.36. The Bertz CT molecular complexity index is 1210. The normalized spacial score (nSPS) is 14.6. The Labute approximate surface area is 187 Å². The minimum absolute atomic E-state index is 0.0301. The van der Waals surface area contributed by atoms with Gasteiger partial charge < -0.3 is 15.2 Å². The number of amides is 1. The van der Waals surface area contributed by atoms with E-state index in [-0.39, 0.29) is 16.3 Å². The number of carbonyl (C=O) groups is 1. The average molecular weight is 453 g/mol. The molecule has 8 heteroatoms. The summed E-state index contributed by atoms with van der Waals surface area (Å²) >= 11 is 0. The summed E-state index contributed by atoms with van der Waals surface area (Å²) < 4.78 is 33.1. The van der Waals surface area contributed by atoms with E-state index in [0.717, 1.165) is 19.3 Å². The molecule has 3 aromatic rings. The van der Waals surface area contributed by atoms with Crippen LogP contribution < -0.4 is 10.1 Å². The van der Waals surface area contributed by atoms with E-state index in [4.69, 9.17) is 4.74 Å². The van der Waals surface area contributed by atoms with Crippen molar-refractivity contribution in [3.63, 3.8) is 0 Å². The molecule has 0 atom stereocenters. The highest BCUT2D eigenvalue weighted by atomic mass is 32.2. The first-order valence-corrected chi connectivity index (χ1v) is 11.8. The van der Waals surface area contributed by atoms with Gasteiger partial charge in [0.2, 0.25) is 10.0 Å². The van der Waals surface area contributed by atoms with Crippen molar-refractivity contribution in [2.75, 3.05) is 18.4 Å². The third-order valence-corrected chi connectivity index (χ3v) is 7.14. The van der Waals surface area contributed by atoms with Crippen LogP contribution in [0.4, 0.5) is 5.69 Å². The minimum Gasteiger partial charge on any atom is -0.506 e. The number of rotatable bonds is 6. The predicted octanol–water partition coefficient (Wildman–Crippen LogP) is 4.61.